The first-order valence-electron chi connectivity index (χ1n) is 6.44. The zero-order chi connectivity index (χ0) is 15.6. The normalized spacial score (nSPS) is 19.4. The van der Waals surface area contributed by atoms with Gasteiger partial charge in [0.05, 0.1) is 29.7 Å². The van der Waals surface area contributed by atoms with Gasteiger partial charge in [-0.25, -0.2) is 8.42 Å². The zero-order valence-electron chi connectivity index (χ0n) is 11.8. The van der Waals surface area contributed by atoms with E-state index in [1.54, 1.807) is 11.0 Å². The lowest BCUT2D eigenvalue weighted by atomic mass is 10.1. The SMILES string of the molecule is CC1CN(C(=O)c2ccc(Cl)c(NS(C)(=O)=O)c2)CCO1. The highest BCUT2D eigenvalue weighted by molar-refractivity contribution is 7.92. The maximum atomic E-state index is 12.4. The monoisotopic (exact) mass is 332 g/mol. The maximum Gasteiger partial charge on any atom is 0.254 e. The third kappa shape index (κ3) is 4.33. The van der Waals surface area contributed by atoms with Crippen LogP contribution in [0.5, 0.6) is 0 Å². The first-order chi connectivity index (χ1) is 9.76. The van der Waals surface area contributed by atoms with Crippen molar-refractivity contribution >= 4 is 33.2 Å². The molecule has 1 aromatic carbocycles. The second-order valence-electron chi connectivity index (χ2n) is 5.00. The Morgan fingerprint density at radius 2 is 2.19 bits per heavy atom. The third-order valence-electron chi connectivity index (χ3n) is 3.04. The number of nitrogens with one attached hydrogen (secondary N) is 1. The van der Waals surface area contributed by atoms with Crippen molar-refractivity contribution in [2.24, 2.45) is 0 Å². The maximum absolute atomic E-state index is 12.4. The van der Waals surface area contributed by atoms with E-state index in [0.29, 0.717) is 25.3 Å². The van der Waals surface area contributed by atoms with Crippen LogP contribution in [0.4, 0.5) is 5.69 Å². The highest BCUT2D eigenvalue weighted by Crippen LogP contribution is 2.25. The fraction of sp³-hybridized carbons (Fsp3) is 0.462. The van der Waals surface area contributed by atoms with Gasteiger partial charge in [-0.05, 0) is 25.1 Å². The molecule has 0 aliphatic carbocycles. The Morgan fingerprint density at radius 3 is 2.81 bits per heavy atom. The van der Waals surface area contributed by atoms with E-state index in [0.717, 1.165) is 6.26 Å². The number of carbonyl (C=O) groups is 1. The number of morpholine rings is 1. The lowest BCUT2D eigenvalue weighted by molar-refractivity contribution is -0.0124. The molecular weight excluding hydrogens is 316 g/mol. The van der Waals surface area contributed by atoms with Crippen molar-refractivity contribution in [2.75, 3.05) is 30.7 Å². The summed E-state index contributed by atoms with van der Waals surface area (Å²) in [6.45, 7) is 3.42. The summed E-state index contributed by atoms with van der Waals surface area (Å²) in [5.74, 6) is -0.168. The van der Waals surface area contributed by atoms with E-state index < -0.39 is 10.0 Å². The molecule has 0 aromatic heterocycles. The standard InChI is InChI=1S/C13H17ClN2O4S/c1-9-8-16(5-6-20-9)13(17)10-3-4-11(14)12(7-10)15-21(2,18)19/h3-4,7,9,15H,5-6,8H2,1-2H3. The minimum absolute atomic E-state index is 0.0105. The molecule has 6 nitrogen and oxygen atoms in total. The Balaban J connectivity index is 2.23. The van der Waals surface area contributed by atoms with Gasteiger partial charge in [0.1, 0.15) is 0 Å². The van der Waals surface area contributed by atoms with Crippen molar-refractivity contribution in [2.45, 2.75) is 13.0 Å². The molecule has 8 heteroatoms. The second-order valence-corrected chi connectivity index (χ2v) is 7.16. The molecule has 0 spiro atoms. The summed E-state index contributed by atoms with van der Waals surface area (Å²) in [5.41, 5.74) is 0.589. The number of hydrogen-bond acceptors (Lipinski definition) is 4. The number of carbonyl (C=O) groups excluding carboxylic acids is 1. The van der Waals surface area contributed by atoms with Gasteiger partial charge in [-0.15, -0.1) is 0 Å². The lowest BCUT2D eigenvalue weighted by Crippen LogP contribution is -2.44. The summed E-state index contributed by atoms with van der Waals surface area (Å²) in [4.78, 5) is 14.1. The number of benzene rings is 1. The fourth-order valence-corrected chi connectivity index (χ4v) is 2.91. The molecule has 1 fully saturated rings. The van der Waals surface area contributed by atoms with Crippen LogP contribution in [0.2, 0.25) is 5.02 Å². The predicted octanol–water partition coefficient (Wildman–Crippen LogP) is 1.57. The summed E-state index contributed by atoms with van der Waals surface area (Å²) in [6.07, 6.45) is 1.02. The molecule has 1 unspecified atom stereocenters. The molecular formula is C13H17ClN2O4S. The topological polar surface area (TPSA) is 75.7 Å². The van der Waals surface area contributed by atoms with Crippen LogP contribution in [0.3, 0.4) is 0 Å². The van der Waals surface area contributed by atoms with E-state index in [9.17, 15) is 13.2 Å². The minimum Gasteiger partial charge on any atom is -0.375 e. The van der Waals surface area contributed by atoms with Gasteiger partial charge in [-0.1, -0.05) is 11.6 Å². The van der Waals surface area contributed by atoms with Crippen molar-refractivity contribution in [3.05, 3.63) is 28.8 Å². The van der Waals surface area contributed by atoms with Crippen LogP contribution < -0.4 is 4.72 Å². The van der Waals surface area contributed by atoms with Crippen LogP contribution in [0.15, 0.2) is 18.2 Å². The van der Waals surface area contributed by atoms with E-state index in [2.05, 4.69) is 4.72 Å². The van der Waals surface area contributed by atoms with Crippen LogP contribution in [-0.2, 0) is 14.8 Å². The number of rotatable bonds is 3. The predicted molar refractivity (Wildman–Crippen MR) is 81.2 cm³/mol. The number of hydrogen-bond donors (Lipinski definition) is 1. The second kappa shape index (κ2) is 6.21. The van der Waals surface area contributed by atoms with Gasteiger partial charge >= 0.3 is 0 Å². The van der Waals surface area contributed by atoms with Crippen molar-refractivity contribution < 1.29 is 17.9 Å². The van der Waals surface area contributed by atoms with Gasteiger partial charge in [-0.3, -0.25) is 9.52 Å². The Morgan fingerprint density at radius 1 is 1.48 bits per heavy atom. The van der Waals surface area contributed by atoms with E-state index in [1.807, 2.05) is 6.92 Å². The summed E-state index contributed by atoms with van der Waals surface area (Å²) >= 11 is 5.94. The third-order valence-corrected chi connectivity index (χ3v) is 3.96. The van der Waals surface area contributed by atoms with Gasteiger partial charge in [0.2, 0.25) is 10.0 Å². The summed E-state index contributed by atoms with van der Waals surface area (Å²) < 4.78 is 30.3. The van der Waals surface area contributed by atoms with Gasteiger partial charge in [-0.2, -0.15) is 0 Å². The quantitative estimate of drug-likeness (QED) is 0.911. The number of ether oxygens (including phenoxy) is 1. The van der Waals surface area contributed by atoms with Crippen LogP contribution >= 0.6 is 11.6 Å². The molecule has 1 aliphatic rings. The Bertz CT molecular complexity index is 648. The average Bonchev–Trinajstić information content (AvgIpc) is 2.39. The molecule has 21 heavy (non-hydrogen) atoms. The van der Waals surface area contributed by atoms with E-state index in [-0.39, 0.29) is 22.7 Å². The molecule has 1 atom stereocenters. The van der Waals surface area contributed by atoms with Crippen LogP contribution in [0.25, 0.3) is 0 Å². The van der Waals surface area contributed by atoms with E-state index in [4.69, 9.17) is 16.3 Å². The molecule has 0 saturated carbocycles. The van der Waals surface area contributed by atoms with Crippen molar-refractivity contribution in [1.29, 1.82) is 0 Å². The number of anilines is 1. The zero-order valence-corrected chi connectivity index (χ0v) is 13.4. The lowest BCUT2D eigenvalue weighted by Gasteiger charge is -2.31. The van der Waals surface area contributed by atoms with Crippen molar-refractivity contribution in [1.82, 2.24) is 4.90 Å². The molecule has 0 radical (unpaired) electrons. The molecule has 1 aliphatic heterocycles. The Labute approximate surface area is 129 Å². The minimum atomic E-state index is -3.46. The summed E-state index contributed by atoms with van der Waals surface area (Å²) in [5, 5.41) is 0.243. The van der Waals surface area contributed by atoms with Crippen molar-refractivity contribution in [3.63, 3.8) is 0 Å². The molecule has 116 valence electrons. The molecule has 1 N–H and O–H groups in total. The van der Waals surface area contributed by atoms with Gasteiger partial charge in [0.25, 0.3) is 5.91 Å². The first kappa shape index (κ1) is 16.1. The van der Waals surface area contributed by atoms with Gasteiger partial charge in [0, 0.05) is 18.7 Å². The number of halogens is 1. The molecule has 1 amide bonds. The number of sulfonamides is 1. The largest absolute Gasteiger partial charge is 0.375 e. The number of amides is 1. The van der Waals surface area contributed by atoms with Crippen molar-refractivity contribution in [3.8, 4) is 0 Å². The number of nitrogens with zero attached hydrogens (tertiary/aromatic N) is 1. The average molecular weight is 333 g/mol. The smallest absolute Gasteiger partial charge is 0.254 e. The highest BCUT2D eigenvalue weighted by atomic mass is 35.5. The molecule has 0 bridgehead atoms. The molecule has 1 heterocycles. The Kier molecular flexibility index (Phi) is 4.75. The molecule has 1 aromatic rings. The molecule has 1 saturated heterocycles. The van der Waals surface area contributed by atoms with E-state index >= 15 is 0 Å². The van der Waals surface area contributed by atoms with Crippen LogP contribution in [0.1, 0.15) is 17.3 Å². The van der Waals surface area contributed by atoms with Crippen LogP contribution in [-0.4, -0.2) is 51.3 Å². The first-order valence-corrected chi connectivity index (χ1v) is 8.71. The van der Waals surface area contributed by atoms with Crippen LogP contribution in [0, 0.1) is 0 Å². The van der Waals surface area contributed by atoms with E-state index in [1.165, 1.54) is 12.1 Å². The van der Waals surface area contributed by atoms with Gasteiger partial charge < -0.3 is 9.64 Å². The Hall–Kier alpha value is -1.31. The molecule has 2 rings (SSSR count). The summed E-state index contributed by atoms with van der Waals surface area (Å²) in [6, 6.07) is 4.54. The fourth-order valence-electron chi connectivity index (χ4n) is 2.12. The highest BCUT2D eigenvalue weighted by Gasteiger charge is 2.23. The van der Waals surface area contributed by atoms with Gasteiger partial charge in [0.15, 0.2) is 0 Å². The summed E-state index contributed by atoms with van der Waals surface area (Å²) in [7, 11) is -3.46.